The molecule has 1 aromatic rings. The van der Waals surface area contributed by atoms with E-state index in [2.05, 4.69) is 4.90 Å². The Kier molecular flexibility index (Phi) is 4.65. The molecule has 3 heteroatoms. The highest BCUT2D eigenvalue weighted by molar-refractivity contribution is 6.08. The summed E-state index contributed by atoms with van der Waals surface area (Å²) < 4.78 is 0. The Bertz CT molecular complexity index is 408. The van der Waals surface area contributed by atoms with E-state index in [1.165, 1.54) is 19.3 Å². The van der Waals surface area contributed by atoms with Crippen LogP contribution in [0.1, 0.15) is 36.0 Å². The molecule has 0 spiro atoms. The van der Waals surface area contributed by atoms with E-state index >= 15 is 0 Å². The van der Waals surface area contributed by atoms with Crippen molar-refractivity contribution >= 4 is 11.6 Å². The Morgan fingerprint density at radius 1 is 1.00 bits per heavy atom. The Hall–Kier alpha value is -1.48. The average Bonchev–Trinajstić information content (AvgIpc) is 2.40. The maximum atomic E-state index is 11.9. The van der Waals surface area contributed by atoms with Crippen LogP contribution in [0, 0.1) is 0 Å². The molecule has 3 nitrogen and oxygen atoms in total. The van der Waals surface area contributed by atoms with Gasteiger partial charge in [0.2, 0.25) is 0 Å². The summed E-state index contributed by atoms with van der Waals surface area (Å²) in [6.07, 6.45) is 3.62. The van der Waals surface area contributed by atoms with Crippen LogP contribution in [0.25, 0.3) is 0 Å². The van der Waals surface area contributed by atoms with Gasteiger partial charge in [0.1, 0.15) is 0 Å². The summed E-state index contributed by atoms with van der Waals surface area (Å²) in [5, 5.41) is 0. The summed E-state index contributed by atoms with van der Waals surface area (Å²) in [6.45, 7) is 2.41. The molecule has 1 aromatic carbocycles. The van der Waals surface area contributed by atoms with Gasteiger partial charge in [0.25, 0.3) is 0 Å². The zero-order valence-corrected chi connectivity index (χ0v) is 10.6. The van der Waals surface area contributed by atoms with E-state index in [1.807, 2.05) is 18.2 Å². The molecule has 0 bridgehead atoms. The quantitative estimate of drug-likeness (QED) is 0.590. The minimum atomic E-state index is -0.0717. The number of hydrogen-bond donors (Lipinski definition) is 0. The van der Waals surface area contributed by atoms with Crippen LogP contribution in [-0.4, -0.2) is 36.1 Å². The number of benzene rings is 1. The van der Waals surface area contributed by atoms with E-state index in [0.717, 1.165) is 13.1 Å². The predicted molar refractivity (Wildman–Crippen MR) is 70.7 cm³/mol. The van der Waals surface area contributed by atoms with E-state index < -0.39 is 0 Å². The second-order valence-corrected chi connectivity index (χ2v) is 4.84. The average molecular weight is 245 g/mol. The van der Waals surface area contributed by atoms with Crippen LogP contribution in [0.5, 0.6) is 0 Å². The molecule has 0 saturated carbocycles. The lowest BCUT2D eigenvalue weighted by molar-refractivity contribution is -0.119. The molecule has 1 saturated heterocycles. The minimum Gasteiger partial charge on any atom is -0.298 e. The first-order chi connectivity index (χ1) is 8.75. The van der Waals surface area contributed by atoms with Crippen molar-refractivity contribution < 1.29 is 9.59 Å². The molecule has 1 fully saturated rings. The molecular formula is C15H19NO2. The topological polar surface area (TPSA) is 37.4 Å². The number of carbonyl (C=O) groups is 2. The van der Waals surface area contributed by atoms with Gasteiger partial charge < -0.3 is 0 Å². The summed E-state index contributed by atoms with van der Waals surface area (Å²) in [7, 11) is 0. The van der Waals surface area contributed by atoms with Crippen molar-refractivity contribution in [1.29, 1.82) is 0 Å². The number of rotatable bonds is 5. The highest BCUT2D eigenvalue weighted by Gasteiger charge is 2.16. The van der Waals surface area contributed by atoms with Gasteiger partial charge in [0.05, 0.1) is 13.0 Å². The first-order valence-corrected chi connectivity index (χ1v) is 6.58. The smallest absolute Gasteiger partial charge is 0.170 e. The number of Topliss-reactive ketones (excluding diaryl/α,β-unsaturated/α-hetero) is 2. The van der Waals surface area contributed by atoms with Gasteiger partial charge in [-0.15, -0.1) is 0 Å². The van der Waals surface area contributed by atoms with Gasteiger partial charge in [-0.2, -0.15) is 0 Å². The fraction of sp³-hybridized carbons (Fsp3) is 0.467. The van der Waals surface area contributed by atoms with E-state index in [1.54, 1.807) is 12.1 Å². The number of nitrogens with zero attached hydrogens (tertiary/aromatic N) is 1. The molecule has 0 radical (unpaired) electrons. The number of piperidine rings is 1. The SMILES string of the molecule is O=C(CC(=O)c1ccccc1)CN1CCCCC1. The molecule has 0 unspecified atom stereocenters. The molecule has 96 valence electrons. The molecule has 0 aliphatic carbocycles. The van der Waals surface area contributed by atoms with Crippen molar-refractivity contribution in [3.8, 4) is 0 Å². The maximum Gasteiger partial charge on any atom is 0.170 e. The van der Waals surface area contributed by atoms with Crippen molar-refractivity contribution in [3.63, 3.8) is 0 Å². The zero-order chi connectivity index (χ0) is 12.8. The summed E-state index contributed by atoms with van der Waals surface area (Å²) in [4.78, 5) is 25.8. The van der Waals surface area contributed by atoms with Crippen LogP contribution in [-0.2, 0) is 4.79 Å². The van der Waals surface area contributed by atoms with Gasteiger partial charge in [0, 0.05) is 5.56 Å². The third-order valence-corrected chi connectivity index (χ3v) is 3.30. The van der Waals surface area contributed by atoms with Crippen molar-refractivity contribution in [2.45, 2.75) is 25.7 Å². The van der Waals surface area contributed by atoms with Gasteiger partial charge in [-0.3, -0.25) is 14.5 Å². The second-order valence-electron chi connectivity index (χ2n) is 4.84. The van der Waals surface area contributed by atoms with Crippen LogP contribution in [0.3, 0.4) is 0 Å². The summed E-state index contributed by atoms with van der Waals surface area (Å²) in [5.74, 6) is -0.0386. The van der Waals surface area contributed by atoms with Crippen LogP contribution >= 0.6 is 0 Å². The Balaban J connectivity index is 1.82. The first kappa shape index (κ1) is 13.0. The minimum absolute atomic E-state index is 0.0283. The zero-order valence-electron chi connectivity index (χ0n) is 10.6. The monoisotopic (exact) mass is 245 g/mol. The second kappa shape index (κ2) is 6.45. The summed E-state index contributed by atoms with van der Waals surface area (Å²) in [5.41, 5.74) is 0.629. The third-order valence-electron chi connectivity index (χ3n) is 3.30. The molecule has 2 rings (SSSR count). The van der Waals surface area contributed by atoms with Crippen LogP contribution in [0.2, 0.25) is 0 Å². The first-order valence-electron chi connectivity index (χ1n) is 6.58. The summed E-state index contributed by atoms with van der Waals surface area (Å²) >= 11 is 0. The Labute approximate surface area is 108 Å². The third kappa shape index (κ3) is 3.77. The van der Waals surface area contributed by atoms with Crippen molar-refractivity contribution in [1.82, 2.24) is 4.90 Å². The Morgan fingerprint density at radius 2 is 1.67 bits per heavy atom. The van der Waals surface area contributed by atoms with Gasteiger partial charge in [-0.1, -0.05) is 36.8 Å². The lowest BCUT2D eigenvalue weighted by Gasteiger charge is -2.25. The van der Waals surface area contributed by atoms with Crippen LogP contribution in [0.15, 0.2) is 30.3 Å². The van der Waals surface area contributed by atoms with E-state index in [-0.39, 0.29) is 18.0 Å². The molecule has 1 heterocycles. The largest absolute Gasteiger partial charge is 0.298 e. The van der Waals surface area contributed by atoms with Crippen LogP contribution < -0.4 is 0 Å². The lowest BCUT2D eigenvalue weighted by Crippen LogP contribution is -2.35. The van der Waals surface area contributed by atoms with Crippen molar-refractivity contribution in [2.75, 3.05) is 19.6 Å². The number of likely N-dealkylation sites (tertiary alicyclic amines) is 1. The molecule has 0 N–H and O–H groups in total. The van der Waals surface area contributed by atoms with Crippen molar-refractivity contribution in [2.24, 2.45) is 0 Å². The maximum absolute atomic E-state index is 11.9. The number of carbonyl (C=O) groups excluding carboxylic acids is 2. The predicted octanol–water partition coefficient (Wildman–Crippen LogP) is 2.31. The Morgan fingerprint density at radius 3 is 2.33 bits per heavy atom. The number of ketones is 2. The van der Waals surface area contributed by atoms with E-state index in [0.29, 0.717) is 12.1 Å². The number of hydrogen-bond acceptors (Lipinski definition) is 3. The van der Waals surface area contributed by atoms with Gasteiger partial charge in [-0.05, 0) is 25.9 Å². The standard InChI is InChI=1S/C15H19NO2/c17-14(12-16-9-5-2-6-10-16)11-15(18)13-7-3-1-4-8-13/h1,3-4,7-8H,2,5-6,9-12H2. The molecule has 1 aliphatic rings. The van der Waals surface area contributed by atoms with Gasteiger partial charge in [0.15, 0.2) is 11.6 Å². The fourth-order valence-electron chi connectivity index (χ4n) is 2.33. The highest BCUT2D eigenvalue weighted by atomic mass is 16.1. The molecule has 1 aliphatic heterocycles. The fourth-order valence-corrected chi connectivity index (χ4v) is 2.33. The van der Waals surface area contributed by atoms with Gasteiger partial charge in [-0.25, -0.2) is 0 Å². The summed E-state index contributed by atoms with van der Waals surface area (Å²) in [6, 6.07) is 9.03. The molecule has 0 aromatic heterocycles. The van der Waals surface area contributed by atoms with Crippen molar-refractivity contribution in [3.05, 3.63) is 35.9 Å². The van der Waals surface area contributed by atoms with E-state index in [9.17, 15) is 9.59 Å². The molecule has 18 heavy (non-hydrogen) atoms. The van der Waals surface area contributed by atoms with E-state index in [4.69, 9.17) is 0 Å². The normalized spacial score (nSPS) is 16.4. The lowest BCUT2D eigenvalue weighted by atomic mass is 10.1. The molecule has 0 atom stereocenters. The van der Waals surface area contributed by atoms with Gasteiger partial charge >= 0.3 is 0 Å². The molecular weight excluding hydrogens is 226 g/mol. The molecule has 0 amide bonds. The highest BCUT2D eigenvalue weighted by Crippen LogP contribution is 2.09. The van der Waals surface area contributed by atoms with Crippen LogP contribution in [0.4, 0.5) is 0 Å².